The van der Waals surface area contributed by atoms with Crippen LogP contribution in [-0.2, 0) is 0 Å². The fraction of sp³-hybridized carbons (Fsp3) is 0.500. The van der Waals surface area contributed by atoms with E-state index in [1.54, 1.807) is 11.8 Å². The summed E-state index contributed by atoms with van der Waals surface area (Å²) in [6, 6.07) is 8.16. The predicted octanol–water partition coefficient (Wildman–Crippen LogP) is 3.83. The fourth-order valence-electron chi connectivity index (χ4n) is 1.03. The Hall–Kier alpha value is -0.630. The zero-order valence-corrected chi connectivity index (χ0v) is 10.1. The summed E-state index contributed by atoms with van der Waals surface area (Å²) in [4.78, 5) is 1.21. The minimum atomic E-state index is 0.214. The Balaban J connectivity index is 2.67. The van der Waals surface area contributed by atoms with Crippen molar-refractivity contribution in [1.82, 2.24) is 0 Å². The highest BCUT2D eigenvalue weighted by Gasteiger charge is 2.12. The summed E-state index contributed by atoms with van der Waals surface area (Å²) in [5.41, 5.74) is 0.214. The van der Waals surface area contributed by atoms with Crippen molar-refractivity contribution in [2.75, 3.05) is 12.9 Å². The number of thioether (sulfide) groups is 1. The number of ether oxygens (including phenoxy) is 1. The van der Waals surface area contributed by atoms with Crippen molar-refractivity contribution >= 4 is 11.8 Å². The maximum Gasteiger partial charge on any atom is 0.132 e. The molecule has 2 heteroatoms. The molecule has 0 unspecified atom stereocenters. The average molecular weight is 210 g/mol. The highest BCUT2D eigenvalue weighted by molar-refractivity contribution is 7.98. The minimum Gasteiger partial charge on any atom is -0.492 e. The van der Waals surface area contributed by atoms with Crippen molar-refractivity contribution in [2.45, 2.75) is 25.7 Å². The summed E-state index contributed by atoms with van der Waals surface area (Å²) in [7, 11) is 0. The van der Waals surface area contributed by atoms with Gasteiger partial charge in [-0.2, -0.15) is 0 Å². The van der Waals surface area contributed by atoms with Gasteiger partial charge in [0.2, 0.25) is 0 Å². The molecule has 0 saturated heterocycles. The molecule has 0 N–H and O–H groups in total. The Morgan fingerprint density at radius 1 is 1.21 bits per heavy atom. The van der Waals surface area contributed by atoms with Crippen LogP contribution in [0.3, 0.4) is 0 Å². The van der Waals surface area contributed by atoms with E-state index >= 15 is 0 Å². The van der Waals surface area contributed by atoms with Gasteiger partial charge >= 0.3 is 0 Å². The van der Waals surface area contributed by atoms with E-state index in [2.05, 4.69) is 33.1 Å². The lowest BCUT2D eigenvalue weighted by Crippen LogP contribution is -2.17. The summed E-state index contributed by atoms with van der Waals surface area (Å²) < 4.78 is 5.77. The Labute approximate surface area is 90.9 Å². The monoisotopic (exact) mass is 210 g/mol. The van der Waals surface area contributed by atoms with Gasteiger partial charge in [-0.15, -0.1) is 11.8 Å². The van der Waals surface area contributed by atoms with E-state index in [4.69, 9.17) is 4.74 Å². The van der Waals surface area contributed by atoms with Crippen LogP contribution in [0.1, 0.15) is 20.8 Å². The molecular weight excluding hydrogens is 192 g/mol. The molecule has 0 heterocycles. The Morgan fingerprint density at radius 3 is 2.43 bits per heavy atom. The van der Waals surface area contributed by atoms with E-state index in [9.17, 15) is 0 Å². The molecule has 1 aromatic carbocycles. The number of benzene rings is 1. The summed E-state index contributed by atoms with van der Waals surface area (Å²) in [5, 5.41) is 0. The first-order valence-corrected chi connectivity index (χ1v) is 6.01. The highest BCUT2D eigenvalue weighted by Crippen LogP contribution is 2.28. The van der Waals surface area contributed by atoms with Crippen LogP contribution in [0.2, 0.25) is 0 Å². The molecule has 78 valence electrons. The first-order chi connectivity index (χ1) is 6.53. The van der Waals surface area contributed by atoms with Crippen LogP contribution in [0.4, 0.5) is 0 Å². The molecule has 1 nitrogen and oxygen atoms in total. The molecule has 0 saturated carbocycles. The second-order valence-corrected chi connectivity index (χ2v) is 5.35. The predicted molar refractivity (Wildman–Crippen MR) is 63.2 cm³/mol. The van der Waals surface area contributed by atoms with Gasteiger partial charge in [0, 0.05) is 4.90 Å². The normalized spacial score (nSPS) is 11.4. The second kappa shape index (κ2) is 4.74. The van der Waals surface area contributed by atoms with Crippen molar-refractivity contribution in [3.05, 3.63) is 24.3 Å². The van der Waals surface area contributed by atoms with E-state index in [1.165, 1.54) is 4.90 Å². The second-order valence-electron chi connectivity index (χ2n) is 4.50. The Kier molecular flexibility index (Phi) is 3.87. The largest absolute Gasteiger partial charge is 0.492 e. The summed E-state index contributed by atoms with van der Waals surface area (Å²) in [6.45, 7) is 7.28. The number of hydrogen-bond donors (Lipinski definition) is 0. The van der Waals surface area contributed by atoms with Gasteiger partial charge in [0.25, 0.3) is 0 Å². The van der Waals surface area contributed by atoms with Crippen molar-refractivity contribution < 1.29 is 4.74 Å². The SMILES string of the molecule is CSc1ccccc1OCC(C)(C)C. The molecule has 0 fully saturated rings. The molecule has 0 aromatic heterocycles. The third-order valence-corrected chi connectivity index (χ3v) is 2.51. The molecule has 0 amide bonds. The van der Waals surface area contributed by atoms with Crippen LogP contribution in [0.15, 0.2) is 29.2 Å². The molecule has 0 spiro atoms. The average Bonchev–Trinajstić information content (AvgIpc) is 2.14. The standard InChI is InChI=1S/C12H18OS/c1-12(2,3)9-13-10-7-5-6-8-11(10)14-4/h5-8H,9H2,1-4H3. The third-order valence-electron chi connectivity index (χ3n) is 1.73. The van der Waals surface area contributed by atoms with E-state index < -0.39 is 0 Å². The molecule has 0 aliphatic heterocycles. The van der Waals surface area contributed by atoms with Crippen molar-refractivity contribution in [2.24, 2.45) is 5.41 Å². The van der Waals surface area contributed by atoms with Gasteiger partial charge in [0.1, 0.15) is 5.75 Å². The van der Waals surface area contributed by atoms with Crippen LogP contribution < -0.4 is 4.74 Å². The molecule has 0 aliphatic carbocycles. The lowest BCUT2D eigenvalue weighted by atomic mass is 9.99. The molecule has 14 heavy (non-hydrogen) atoms. The molecular formula is C12H18OS. The number of hydrogen-bond acceptors (Lipinski definition) is 2. The van der Waals surface area contributed by atoms with E-state index in [0.29, 0.717) is 0 Å². The van der Waals surface area contributed by atoms with Crippen LogP contribution in [0.25, 0.3) is 0 Å². The van der Waals surface area contributed by atoms with E-state index in [0.717, 1.165) is 12.4 Å². The van der Waals surface area contributed by atoms with Crippen LogP contribution in [0, 0.1) is 5.41 Å². The zero-order chi connectivity index (χ0) is 10.6. The fourth-order valence-corrected chi connectivity index (χ4v) is 1.58. The minimum absolute atomic E-state index is 0.214. The van der Waals surface area contributed by atoms with Crippen molar-refractivity contribution in [1.29, 1.82) is 0 Å². The number of para-hydroxylation sites is 1. The number of rotatable bonds is 3. The van der Waals surface area contributed by atoms with E-state index in [-0.39, 0.29) is 5.41 Å². The van der Waals surface area contributed by atoms with Crippen molar-refractivity contribution in [3.8, 4) is 5.75 Å². The molecule has 0 atom stereocenters. The smallest absolute Gasteiger partial charge is 0.132 e. The van der Waals surface area contributed by atoms with Crippen LogP contribution in [0.5, 0.6) is 5.75 Å². The van der Waals surface area contributed by atoms with Gasteiger partial charge in [-0.05, 0) is 23.8 Å². The first-order valence-electron chi connectivity index (χ1n) is 4.79. The van der Waals surface area contributed by atoms with E-state index in [1.807, 2.05) is 18.2 Å². The molecule has 1 aromatic rings. The lowest BCUT2D eigenvalue weighted by molar-refractivity contribution is 0.194. The molecule has 1 rings (SSSR count). The summed E-state index contributed by atoms with van der Waals surface area (Å²) in [6.07, 6.45) is 2.07. The van der Waals surface area contributed by atoms with Gasteiger partial charge in [-0.3, -0.25) is 0 Å². The summed E-state index contributed by atoms with van der Waals surface area (Å²) >= 11 is 1.72. The third kappa shape index (κ3) is 3.62. The summed E-state index contributed by atoms with van der Waals surface area (Å²) in [5.74, 6) is 0.995. The van der Waals surface area contributed by atoms with Gasteiger partial charge < -0.3 is 4.74 Å². The van der Waals surface area contributed by atoms with Crippen LogP contribution in [-0.4, -0.2) is 12.9 Å². The van der Waals surface area contributed by atoms with Gasteiger partial charge in [0.15, 0.2) is 0 Å². The lowest BCUT2D eigenvalue weighted by Gasteiger charge is -2.19. The molecule has 0 aliphatic rings. The highest BCUT2D eigenvalue weighted by atomic mass is 32.2. The topological polar surface area (TPSA) is 9.23 Å². The van der Waals surface area contributed by atoms with Crippen molar-refractivity contribution in [3.63, 3.8) is 0 Å². The maximum absolute atomic E-state index is 5.77. The van der Waals surface area contributed by atoms with Crippen LogP contribution >= 0.6 is 11.8 Å². The Bertz CT molecular complexity index is 289. The first kappa shape index (κ1) is 11.4. The Morgan fingerprint density at radius 2 is 1.86 bits per heavy atom. The molecule has 0 bridgehead atoms. The van der Waals surface area contributed by atoms with Gasteiger partial charge in [0.05, 0.1) is 6.61 Å². The zero-order valence-electron chi connectivity index (χ0n) is 9.33. The quantitative estimate of drug-likeness (QED) is 0.701. The van der Waals surface area contributed by atoms with Gasteiger partial charge in [-0.25, -0.2) is 0 Å². The molecule has 0 radical (unpaired) electrons. The van der Waals surface area contributed by atoms with Gasteiger partial charge in [-0.1, -0.05) is 32.9 Å². The maximum atomic E-state index is 5.77.